The Morgan fingerprint density at radius 3 is 2.46 bits per heavy atom. The van der Waals surface area contributed by atoms with Gasteiger partial charge in [0.05, 0.1) is 40.8 Å². The Balaban J connectivity index is 1.58. The van der Waals surface area contributed by atoms with Gasteiger partial charge in [-0.25, -0.2) is 17.5 Å². The van der Waals surface area contributed by atoms with Gasteiger partial charge in [-0.05, 0) is 74.0 Å². The third-order valence-electron chi connectivity index (χ3n) is 5.33. The van der Waals surface area contributed by atoms with Crippen LogP contribution >= 0.6 is 0 Å². The van der Waals surface area contributed by atoms with Gasteiger partial charge in [0.15, 0.2) is 0 Å². The van der Waals surface area contributed by atoms with E-state index < -0.39 is 21.7 Å². The number of hydrogen-bond donors (Lipinski definition) is 2. The van der Waals surface area contributed by atoms with E-state index in [1.807, 2.05) is 31.2 Å². The van der Waals surface area contributed by atoms with Crippen molar-refractivity contribution in [3.63, 3.8) is 0 Å². The number of anilines is 2. The number of carbonyl (C=O) groups is 1. The van der Waals surface area contributed by atoms with Crippen molar-refractivity contribution in [1.82, 2.24) is 9.78 Å². The van der Waals surface area contributed by atoms with Crippen LogP contribution in [0.15, 0.2) is 77.8 Å². The monoisotopic (exact) mass is 494 g/mol. The molecule has 0 fully saturated rings. The van der Waals surface area contributed by atoms with Crippen LogP contribution in [0, 0.1) is 19.7 Å². The highest BCUT2D eigenvalue weighted by atomic mass is 32.2. The number of ether oxygens (including phenoxy) is 1. The van der Waals surface area contributed by atoms with E-state index in [-0.39, 0.29) is 16.3 Å². The van der Waals surface area contributed by atoms with Crippen LogP contribution < -0.4 is 14.8 Å². The topological polar surface area (TPSA) is 102 Å². The predicted molar refractivity (Wildman–Crippen MR) is 131 cm³/mol. The third kappa shape index (κ3) is 5.17. The molecule has 0 saturated heterocycles. The van der Waals surface area contributed by atoms with Crippen molar-refractivity contribution in [2.75, 3.05) is 17.1 Å². The maximum atomic E-state index is 13.2. The Hall–Kier alpha value is -4.18. The van der Waals surface area contributed by atoms with E-state index >= 15 is 0 Å². The average molecular weight is 495 g/mol. The molecular weight excluding hydrogens is 471 g/mol. The van der Waals surface area contributed by atoms with Gasteiger partial charge >= 0.3 is 0 Å². The molecule has 4 rings (SSSR count). The summed E-state index contributed by atoms with van der Waals surface area (Å²) in [5, 5.41) is 7.11. The highest BCUT2D eigenvalue weighted by Gasteiger charge is 2.19. The second kappa shape index (κ2) is 9.59. The van der Waals surface area contributed by atoms with E-state index in [0.29, 0.717) is 16.9 Å². The van der Waals surface area contributed by atoms with E-state index in [9.17, 15) is 17.6 Å². The van der Waals surface area contributed by atoms with E-state index in [1.54, 1.807) is 17.7 Å². The van der Waals surface area contributed by atoms with Crippen LogP contribution in [0.2, 0.25) is 0 Å². The van der Waals surface area contributed by atoms with Crippen LogP contribution in [0.1, 0.15) is 21.6 Å². The number of methoxy groups -OCH3 is 1. The van der Waals surface area contributed by atoms with Crippen LogP contribution in [0.25, 0.3) is 5.69 Å². The minimum absolute atomic E-state index is 0.113. The Morgan fingerprint density at radius 2 is 1.77 bits per heavy atom. The summed E-state index contributed by atoms with van der Waals surface area (Å²) in [6.07, 6.45) is 1.48. The van der Waals surface area contributed by atoms with Crippen molar-refractivity contribution >= 4 is 27.3 Å². The molecular formula is C25H23FN4O4S. The zero-order valence-electron chi connectivity index (χ0n) is 19.2. The number of rotatable bonds is 7. The molecule has 0 aliphatic rings. The highest BCUT2D eigenvalue weighted by molar-refractivity contribution is 7.92. The molecule has 0 aliphatic carbocycles. The molecule has 0 bridgehead atoms. The third-order valence-corrected chi connectivity index (χ3v) is 6.71. The first-order valence-corrected chi connectivity index (χ1v) is 12.1. The van der Waals surface area contributed by atoms with Gasteiger partial charge in [-0.3, -0.25) is 9.52 Å². The average Bonchev–Trinajstić information content (AvgIpc) is 3.21. The van der Waals surface area contributed by atoms with Gasteiger partial charge in [0.25, 0.3) is 15.9 Å². The fraction of sp³-hybridized carbons (Fsp3) is 0.120. The molecule has 4 aromatic rings. The van der Waals surface area contributed by atoms with Gasteiger partial charge in [0.1, 0.15) is 11.6 Å². The second-order valence-corrected chi connectivity index (χ2v) is 9.51. The Kier molecular flexibility index (Phi) is 6.57. The number of aromatic nitrogens is 2. The lowest BCUT2D eigenvalue weighted by atomic mass is 10.2. The number of nitrogens with one attached hydrogen (secondary N) is 2. The summed E-state index contributed by atoms with van der Waals surface area (Å²) in [6.45, 7) is 3.77. The van der Waals surface area contributed by atoms with Gasteiger partial charge in [0.2, 0.25) is 0 Å². The SMILES string of the molecule is COc1ccc(NC(=O)c2cnn(-c3cccc(C)c3)c2C)cc1NS(=O)(=O)c1ccc(F)cc1. The number of carbonyl (C=O) groups excluding carboxylic acids is 1. The number of aryl methyl sites for hydroxylation is 1. The Bertz CT molecular complexity index is 1500. The predicted octanol–water partition coefficient (Wildman–Crippen LogP) is 4.69. The standard InChI is InChI=1S/C25H23FN4O4S/c1-16-5-4-6-20(13-16)30-17(2)22(15-27-30)25(31)28-19-9-12-24(34-3)23(14-19)29-35(32,33)21-10-7-18(26)8-11-21/h4-15,29H,1-3H3,(H,28,31). The summed E-state index contributed by atoms with van der Waals surface area (Å²) < 4.78 is 48.1. The van der Waals surface area contributed by atoms with Gasteiger partial charge in [-0.15, -0.1) is 0 Å². The summed E-state index contributed by atoms with van der Waals surface area (Å²) in [6, 6.07) is 16.7. The summed E-state index contributed by atoms with van der Waals surface area (Å²) in [7, 11) is -2.63. The van der Waals surface area contributed by atoms with Crippen molar-refractivity contribution in [2.24, 2.45) is 0 Å². The molecule has 0 saturated carbocycles. The van der Waals surface area contributed by atoms with Crippen LogP contribution in [0.4, 0.5) is 15.8 Å². The van der Waals surface area contributed by atoms with Crippen molar-refractivity contribution in [2.45, 2.75) is 18.7 Å². The summed E-state index contributed by atoms with van der Waals surface area (Å²) in [4.78, 5) is 12.9. The first kappa shape index (κ1) is 24.0. The summed E-state index contributed by atoms with van der Waals surface area (Å²) in [5.74, 6) is -0.705. The van der Waals surface area contributed by atoms with Crippen LogP contribution in [0.3, 0.4) is 0 Å². The van der Waals surface area contributed by atoms with Crippen molar-refractivity contribution in [1.29, 1.82) is 0 Å². The number of amides is 1. The first-order valence-electron chi connectivity index (χ1n) is 10.6. The number of hydrogen-bond acceptors (Lipinski definition) is 5. The molecule has 1 heterocycles. The lowest BCUT2D eigenvalue weighted by Crippen LogP contribution is -2.15. The fourth-order valence-electron chi connectivity index (χ4n) is 3.53. The zero-order valence-corrected chi connectivity index (χ0v) is 20.1. The quantitative estimate of drug-likeness (QED) is 0.388. The lowest BCUT2D eigenvalue weighted by molar-refractivity contribution is 0.102. The van der Waals surface area contributed by atoms with Crippen molar-refractivity contribution in [3.05, 3.63) is 95.6 Å². The lowest BCUT2D eigenvalue weighted by Gasteiger charge is -2.14. The minimum Gasteiger partial charge on any atom is -0.495 e. The van der Waals surface area contributed by atoms with Crippen LogP contribution in [-0.2, 0) is 10.0 Å². The van der Waals surface area contributed by atoms with Gasteiger partial charge in [-0.2, -0.15) is 5.10 Å². The molecule has 1 aromatic heterocycles. The maximum Gasteiger partial charge on any atom is 0.262 e. The molecule has 10 heteroatoms. The van der Waals surface area contributed by atoms with Crippen LogP contribution in [-0.4, -0.2) is 31.2 Å². The van der Waals surface area contributed by atoms with E-state index in [4.69, 9.17) is 4.74 Å². The van der Waals surface area contributed by atoms with Crippen molar-refractivity contribution in [3.8, 4) is 11.4 Å². The van der Waals surface area contributed by atoms with E-state index in [2.05, 4.69) is 15.1 Å². The molecule has 180 valence electrons. The summed E-state index contributed by atoms with van der Waals surface area (Å²) in [5.41, 5.74) is 3.38. The molecule has 35 heavy (non-hydrogen) atoms. The van der Waals surface area contributed by atoms with Gasteiger partial charge in [-0.1, -0.05) is 12.1 Å². The highest BCUT2D eigenvalue weighted by Crippen LogP contribution is 2.30. The Labute approximate surface area is 202 Å². The largest absolute Gasteiger partial charge is 0.495 e. The van der Waals surface area contributed by atoms with E-state index in [0.717, 1.165) is 35.5 Å². The van der Waals surface area contributed by atoms with Gasteiger partial charge < -0.3 is 10.1 Å². The van der Waals surface area contributed by atoms with Crippen LogP contribution in [0.5, 0.6) is 5.75 Å². The molecule has 0 unspecified atom stereocenters. The smallest absolute Gasteiger partial charge is 0.262 e. The van der Waals surface area contributed by atoms with E-state index in [1.165, 1.54) is 25.4 Å². The molecule has 1 amide bonds. The molecule has 0 aliphatic heterocycles. The molecule has 0 radical (unpaired) electrons. The normalized spacial score (nSPS) is 11.2. The molecule has 8 nitrogen and oxygen atoms in total. The zero-order chi connectivity index (χ0) is 25.2. The minimum atomic E-state index is -4.02. The van der Waals surface area contributed by atoms with Gasteiger partial charge in [0, 0.05) is 5.69 Å². The number of nitrogens with zero attached hydrogens (tertiary/aromatic N) is 2. The van der Waals surface area contributed by atoms with Crippen molar-refractivity contribution < 1.29 is 22.3 Å². The number of sulfonamides is 1. The molecule has 0 spiro atoms. The fourth-order valence-corrected chi connectivity index (χ4v) is 4.60. The summed E-state index contributed by atoms with van der Waals surface area (Å²) >= 11 is 0. The molecule has 2 N–H and O–H groups in total. The first-order chi connectivity index (χ1) is 16.7. The molecule has 0 atom stereocenters. The maximum absolute atomic E-state index is 13.2. The number of benzene rings is 3. The second-order valence-electron chi connectivity index (χ2n) is 7.82. The number of halogens is 1. The Morgan fingerprint density at radius 1 is 1.03 bits per heavy atom. The molecule has 3 aromatic carbocycles.